The normalized spacial score (nSPS) is 11.6. The molecule has 2 aromatic carbocycles. The number of benzene rings is 2. The highest BCUT2D eigenvalue weighted by Crippen LogP contribution is 2.36. The summed E-state index contributed by atoms with van der Waals surface area (Å²) in [6, 6.07) is 16.0. The molecule has 4 rings (SSSR count). The van der Waals surface area contributed by atoms with E-state index >= 15 is 0 Å². The van der Waals surface area contributed by atoms with Crippen LogP contribution in [0.1, 0.15) is 5.56 Å². The smallest absolute Gasteiger partial charge is 0.269 e. The van der Waals surface area contributed by atoms with E-state index in [1.807, 2.05) is 31.2 Å². The van der Waals surface area contributed by atoms with Crippen molar-refractivity contribution in [2.75, 3.05) is 11.4 Å². The van der Waals surface area contributed by atoms with Gasteiger partial charge in [-0.3, -0.25) is 4.31 Å². The summed E-state index contributed by atoms with van der Waals surface area (Å²) < 4.78 is 33.1. The number of aromatic nitrogens is 2. The maximum Gasteiger partial charge on any atom is 0.269 e. The molecule has 0 fully saturated rings. The third-order valence-electron chi connectivity index (χ3n) is 4.37. The van der Waals surface area contributed by atoms with Crippen LogP contribution in [0.3, 0.4) is 0 Å². The zero-order chi connectivity index (χ0) is 20.6. The van der Waals surface area contributed by atoms with Gasteiger partial charge in [-0.2, -0.15) is 4.98 Å². The van der Waals surface area contributed by atoms with Crippen molar-refractivity contribution in [3.8, 4) is 22.2 Å². The molecule has 6 nitrogen and oxygen atoms in total. The molecule has 0 radical (unpaired) electrons. The first-order chi connectivity index (χ1) is 13.9. The zero-order valence-corrected chi connectivity index (χ0v) is 17.9. The number of nitrogens with zero attached hydrogens (tertiary/aromatic N) is 3. The molecule has 2 heterocycles. The summed E-state index contributed by atoms with van der Waals surface area (Å²) in [6.07, 6.45) is 0. The van der Waals surface area contributed by atoms with Crippen LogP contribution in [0.4, 0.5) is 5.69 Å². The minimum absolute atomic E-state index is 0.112. The van der Waals surface area contributed by atoms with Gasteiger partial charge in [0.2, 0.25) is 5.82 Å². The van der Waals surface area contributed by atoms with Gasteiger partial charge >= 0.3 is 0 Å². The van der Waals surface area contributed by atoms with E-state index in [2.05, 4.69) is 10.1 Å². The molecular formula is C20H16ClN3O3S2. The summed E-state index contributed by atoms with van der Waals surface area (Å²) in [7, 11) is -2.30. The fourth-order valence-electron chi connectivity index (χ4n) is 2.83. The van der Waals surface area contributed by atoms with Gasteiger partial charge in [0.15, 0.2) is 0 Å². The molecule has 0 aliphatic rings. The molecule has 148 valence electrons. The number of anilines is 1. The Balaban J connectivity index is 1.73. The second kappa shape index (κ2) is 7.62. The van der Waals surface area contributed by atoms with Crippen LogP contribution in [0.15, 0.2) is 69.4 Å². The van der Waals surface area contributed by atoms with Gasteiger partial charge in [-0.25, -0.2) is 8.42 Å². The number of halogens is 1. The summed E-state index contributed by atoms with van der Waals surface area (Å²) in [5.74, 6) is 0.431. The molecule has 0 bridgehead atoms. The highest BCUT2D eigenvalue weighted by atomic mass is 35.5. The molecule has 4 aromatic rings. The third kappa shape index (κ3) is 3.66. The van der Waals surface area contributed by atoms with E-state index in [4.69, 9.17) is 16.1 Å². The molecule has 9 heteroatoms. The molecule has 0 atom stereocenters. The van der Waals surface area contributed by atoms with Crippen molar-refractivity contribution in [3.05, 3.63) is 70.6 Å². The first kappa shape index (κ1) is 19.6. The monoisotopic (exact) mass is 445 g/mol. The predicted molar refractivity (Wildman–Crippen MR) is 115 cm³/mol. The molecule has 0 amide bonds. The number of aryl methyl sites for hydroxylation is 1. The standard InChI is InChI=1S/C20H16ClN3O3S2/c1-13-6-5-7-14(12-13)24(2)29(25,26)17-10-11-28-18(17)20-22-19(23-27-20)15-8-3-4-9-16(15)21/h3-12H,1-2H3. The van der Waals surface area contributed by atoms with Gasteiger partial charge in [0, 0.05) is 12.6 Å². The van der Waals surface area contributed by atoms with Crippen molar-refractivity contribution < 1.29 is 12.9 Å². The van der Waals surface area contributed by atoms with Gasteiger partial charge < -0.3 is 4.52 Å². The maximum atomic E-state index is 13.3. The Bertz CT molecular complexity index is 1280. The Morgan fingerprint density at radius 1 is 1.10 bits per heavy atom. The van der Waals surface area contributed by atoms with Crippen LogP contribution in [-0.2, 0) is 10.0 Å². The number of thiophene rings is 1. The number of rotatable bonds is 5. The first-order valence-electron chi connectivity index (χ1n) is 8.60. The lowest BCUT2D eigenvalue weighted by molar-refractivity contribution is 0.432. The average molecular weight is 446 g/mol. The van der Waals surface area contributed by atoms with Gasteiger partial charge in [-0.05, 0) is 48.2 Å². The SMILES string of the molecule is Cc1cccc(N(C)S(=O)(=O)c2ccsc2-c2nc(-c3ccccc3Cl)no2)c1. The van der Waals surface area contributed by atoms with Crippen molar-refractivity contribution in [2.24, 2.45) is 0 Å². The Morgan fingerprint density at radius 2 is 1.90 bits per heavy atom. The summed E-state index contributed by atoms with van der Waals surface area (Å²) in [4.78, 5) is 4.87. The summed E-state index contributed by atoms with van der Waals surface area (Å²) in [5, 5.41) is 6.14. The molecule has 0 saturated carbocycles. The highest BCUT2D eigenvalue weighted by molar-refractivity contribution is 7.93. The van der Waals surface area contributed by atoms with Crippen LogP contribution in [-0.4, -0.2) is 25.6 Å². The van der Waals surface area contributed by atoms with E-state index in [9.17, 15) is 8.42 Å². The molecule has 0 unspecified atom stereocenters. The maximum absolute atomic E-state index is 13.3. The number of hydrogen-bond donors (Lipinski definition) is 0. The van der Waals surface area contributed by atoms with Crippen LogP contribution in [0.5, 0.6) is 0 Å². The lowest BCUT2D eigenvalue weighted by Gasteiger charge is -2.19. The van der Waals surface area contributed by atoms with Crippen molar-refractivity contribution in [1.29, 1.82) is 0 Å². The topological polar surface area (TPSA) is 76.3 Å². The van der Waals surface area contributed by atoms with E-state index in [-0.39, 0.29) is 10.8 Å². The van der Waals surface area contributed by atoms with E-state index in [0.29, 0.717) is 27.0 Å². The fourth-order valence-corrected chi connectivity index (χ4v) is 5.56. The Morgan fingerprint density at radius 3 is 2.66 bits per heavy atom. The van der Waals surface area contributed by atoms with Crippen molar-refractivity contribution >= 4 is 38.6 Å². The van der Waals surface area contributed by atoms with Gasteiger partial charge in [0.25, 0.3) is 15.9 Å². The zero-order valence-electron chi connectivity index (χ0n) is 15.5. The second-order valence-corrected chi connectivity index (χ2v) is 9.59. The van der Waals surface area contributed by atoms with Crippen molar-refractivity contribution in [1.82, 2.24) is 10.1 Å². The van der Waals surface area contributed by atoms with Crippen LogP contribution in [0.2, 0.25) is 5.02 Å². The van der Waals surface area contributed by atoms with Crippen molar-refractivity contribution in [3.63, 3.8) is 0 Å². The molecule has 2 aromatic heterocycles. The van der Waals surface area contributed by atoms with Gasteiger partial charge in [0.05, 0.1) is 10.7 Å². The Hall–Kier alpha value is -2.68. The lowest BCUT2D eigenvalue weighted by Crippen LogP contribution is -2.26. The number of sulfonamides is 1. The van der Waals surface area contributed by atoms with Crippen LogP contribution in [0, 0.1) is 6.92 Å². The molecule has 0 aliphatic heterocycles. The van der Waals surface area contributed by atoms with E-state index in [1.165, 1.54) is 22.7 Å². The first-order valence-corrected chi connectivity index (χ1v) is 11.3. The van der Waals surface area contributed by atoms with E-state index in [0.717, 1.165) is 5.56 Å². The predicted octanol–water partition coefficient (Wildman–Crippen LogP) is 5.25. The Kier molecular flexibility index (Phi) is 5.16. The Labute approximate surface area is 177 Å². The number of hydrogen-bond acceptors (Lipinski definition) is 6. The largest absolute Gasteiger partial charge is 0.333 e. The van der Waals surface area contributed by atoms with Crippen LogP contribution < -0.4 is 4.31 Å². The quantitative estimate of drug-likeness (QED) is 0.419. The second-order valence-electron chi connectivity index (χ2n) is 6.33. The van der Waals surface area contributed by atoms with Gasteiger partial charge in [0.1, 0.15) is 9.77 Å². The molecule has 0 aliphatic carbocycles. The summed E-state index contributed by atoms with van der Waals surface area (Å²) in [5.41, 5.74) is 2.16. The van der Waals surface area contributed by atoms with Gasteiger partial charge in [-0.1, -0.05) is 41.0 Å². The van der Waals surface area contributed by atoms with E-state index in [1.54, 1.807) is 35.7 Å². The highest BCUT2D eigenvalue weighted by Gasteiger charge is 2.28. The van der Waals surface area contributed by atoms with Crippen LogP contribution >= 0.6 is 22.9 Å². The lowest BCUT2D eigenvalue weighted by atomic mass is 10.2. The van der Waals surface area contributed by atoms with Crippen molar-refractivity contribution in [2.45, 2.75) is 11.8 Å². The summed E-state index contributed by atoms with van der Waals surface area (Å²) >= 11 is 7.42. The van der Waals surface area contributed by atoms with E-state index < -0.39 is 10.0 Å². The average Bonchev–Trinajstić information content (AvgIpc) is 3.37. The third-order valence-corrected chi connectivity index (χ3v) is 7.56. The van der Waals surface area contributed by atoms with Crippen LogP contribution in [0.25, 0.3) is 22.2 Å². The molecule has 0 N–H and O–H groups in total. The molecular weight excluding hydrogens is 430 g/mol. The molecule has 0 saturated heterocycles. The summed E-state index contributed by atoms with van der Waals surface area (Å²) in [6.45, 7) is 1.91. The molecule has 29 heavy (non-hydrogen) atoms. The fraction of sp³-hybridized carbons (Fsp3) is 0.100. The molecule has 0 spiro atoms. The van der Waals surface area contributed by atoms with Gasteiger partial charge in [-0.15, -0.1) is 11.3 Å². The minimum Gasteiger partial charge on any atom is -0.333 e. The minimum atomic E-state index is -3.82.